The smallest absolute Gasteiger partial charge is 0.335 e. The van der Waals surface area contributed by atoms with Gasteiger partial charge < -0.3 is 19.7 Å². The van der Waals surface area contributed by atoms with Crippen LogP contribution in [-0.4, -0.2) is 48.6 Å². The van der Waals surface area contributed by atoms with Gasteiger partial charge in [-0.15, -0.1) is 0 Å². The Bertz CT molecular complexity index is 1070. The zero-order chi connectivity index (χ0) is 32.4. The quantitative estimate of drug-likeness (QED) is 0.160. The molecule has 0 radical (unpaired) electrons. The molecular formula is C39H60O6. The Morgan fingerprint density at radius 2 is 1.29 bits per heavy atom. The standard InChI is InChI=1S/C39H60O6/c1-5-6-28-7-9-29(10-8-28)30-11-13-31(14-12-30)32-15-17-33(18-16-32)34-19-21-35(22-20-34)36(24-44-37(42)27(2)23-40)25-45-38(43)39(3,4)26-41/h11-14,28-29,32-36,40-41H,2,5-10,15-26H2,1,3-4H3. The fourth-order valence-corrected chi connectivity index (χ4v) is 8.36. The number of carbonyl (C=O) groups is 2. The lowest BCUT2D eigenvalue weighted by atomic mass is 9.67. The van der Waals surface area contributed by atoms with Crippen molar-refractivity contribution < 1.29 is 29.3 Å². The Hall–Kier alpha value is -2.18. The highest BCUT2D eigenvalue weighted by atomic mass is 16.5. The van der Waals surface area contributed by atoms with Gasteiger partial charge in [0.1, 0.15) is 0 Å². The summed E-state index contributed by atoms with van der Waals surface area (Å²) >= 11 is 0. The summed E-state index contributed by atoms with van der Waals surface area (Å²) in [6.07, 6.45) is 17.7. The van der Waals surface area contributed by atoms with Crippen LogP contribution in [0.2, 0.25) is 0 Å². The molecule has 0 saturated heterocycles. The Balaban J connectivity index is 1.24. The average Bonchev–Trinajstić information content (AvgIpc) is 3.08. The van der Waals surface area contributed by atoms with E-state index in [4.69, 9.17) is 9.47 Å². The molecule has 0 spiro atoms. The molecular weight excluding hydrogens is 564 g/mol. The molecule has 0 heterocycles. The third-order valence-corrected chi connectivity index (χ3v) is 11.6. The van der Waals surface area contributed by atoms with Crippen LogP contribution in [0.5, 0.6) is 0 Å². The maximum Gasteiger partial charge on any atom is 0.335 e. The van der Waals surface area contributed by atoms with Gasteiger partial charge in [0.25, 0.3) is 0 Å². The Kier molecular flexibility index (Phi) is 13.6. The molecule has 1 aromatic carbocycles. The third-order valence-electron chi connectivity index (χ3n) is 11.6. The molecule has 3 fully saturated rings. The molecule has 0 aromatic heterocycles. The van der Waals surface area contributed by atoms with E-state index < -0.39 is 24.0 Å². The zero-order valence-electron chi connectivity index (χ0n) is 28.3. The summed E-state index contributed by atoms with van der Waals surface area (Å²) < 4.78 is 11.1. The number of rotatable bonds is 14. The molecule has 0 bridgehead atoms. The average molecular weight is 625 g/mol. The summed E-state index contributed by atoms with van der Waals surface area (Å²) in [4.78, 5) is 24.7. The van der Waals surface area contributed by atoms with E-state index in [0.717, 1.165) is 49.4 Å². The molecule has 3 aliphatic carbocycles. The summed E-state index contributed by atoms with van der Waals surface area (Å²) in [5.41, 5.74) is 2.13. The van der Waals surface area contributed by atoms with Crippen molar-refractivity contribution in [3.63, 3.8) is 0 Å². The van der Waals surface area contributed by atoms with Crippen molar-refractivity contribution in [2.45, 2.75) is 122 Å². The second-order valence-corrected chi connectivity index (χ2v) is 15.2. The SMILES string of the molecule is C=C(CO)C(=O)OCC(COC(=O)C(C)(C)CO)C1CCC(C2CCC(c3ccc(C4CCC(CCC)CC4)cc3)CC2)CC1. The minimum absolute atomic E-state index is 0.0205. The fourth-order valence-electron chi connectivity index (χ4n) is 8.36. The van der Waals surface area contributed by atoms with Crippen LogP contribution in [0.25, 0.3) is 0 Å². The van der Waals surface area contributed by atoms with E-state index in [9.17, 15) is 19.8 Å². The molecule has 0 aliphatic heterocycles. The van der Waals surface area contributed by atoms with Crippen molar-refractivity contribution in [1.29, 1.82) is 0 Å². The van der Waals surface area contributed by atoms with Gasteiger partial charge in [-0.3, -0.25) is 4.79 Å². The van der Waals surface area contributed by atoms with Crippen LogP contribution in [0.3, 0.4) is 0 Å². The molecule has 3 saturated carbocycles. The van der Waals surface area contributed by atoms with Crippen LogP contribution in [0.1, 0.15) is 134 Å². The molecule has 1 aromatic rings. The van der Waals surface area contributed by atoms with E-state index in [1.807, 2.05) is 0 Å². The molecule has 0 amide bonds. The first-order valence-corrected chi connectivity index (χ1v) is 18.0. The second-order valence-electron chi connectivity index (χ2n) is 15.2. The predicted molar refractivity (Wildman–Crippen MR) is 179 cm³/mol. The number of carbonyl (C=O) groups excluding carboxylic acids is 2. The van der Waals surface area contributed by atoms with E-state index in [-0.39, 0.29) is 37.2 Å². The van der Waals surface area contributed by atoms with Crippen molar-refractivity contribution in [2.24, 2.45) is 35.0 Å². The molecule has 6 nitrogen and oxygen atoms in total. The topological polar surface area (TPSA) is 93.1 Å². The van der Waals surface area contributed by atoms with Gasteiger partial charge in [-0.25, -0.2) is 4.79 Å². The summed E-state index contributed by atoms with van der Waals surface area (Å²) in [7, 11) is 0. The van der Waals surface area contributed by atoms with E-state index >= 15 is 0 Å². The summed E-state index contributed by atoms with van der Waals surface area (Å²) in [5.74, 6) is 2.99. The highest BCUT2D eigenvalue weighted by Crippen LogP contribution is 2.45. The van der Waals surface area contributed by atoms with Crippen LogP contribution >= 0.6 is 0 Å². The number of benzene rings is 1. The maximum absolute atomic E-state index is 12.5. The molecule has 2 N–H and O–H groups in total. The van der Waals surface area contributed by atoms with Crippen LogP contribution in [0, 0.1) is 35.0 Å². The predicted octanol–water partition coefficient (Wildman–Crippen LogP) is 8.11. The number of aliphatic hydroxyl groups excluding tert-OH is 2. The third kappa shape index (κ3) is 9.91. The minimum atomic E-state index is -0.974. The number of ether oxygens (including phenoxy) is 2. The Morgan fingerprint density at radius 3 is 1.78 bits per heavy atom. The fraction of sp³-hybridized carbons (Fsp3) is 0.744. The summed E-state index contributed by atoms with van der Waals surface area (Å²) in [6, 6.07) is 9.73. The first-order valence-electron chi connectivity index (χ1n) is 18.0. The van der Waals surface area contributed by atoms with E-state index in [2.05, 4.69) is 37.8 Å². The van der Waals surface area contributed by atoms with Gasteiger partial charge in [0.2, 0.25) is 0 Å². The van der Waals surface area contributed by atoms with Crippen molar-refractivity contribution in [2.75, 3.05) is 26.4 Å². The monoisotopic (exact) mass is 624 g/mol. The van der Waals surface area contributed by atoms with Gasteiger partial charge in [0, 0.05) is 5.92 Å². The molecule has 252 valence electrons. The van der Waals surface area contributed by atoms with Crippen molar-refractivity contribution in [3.05, 3.63) is 47.5 Å². The normalized spacial score (nSPS) is 28.2. The van der Waals surface area contributed by atoms with Gasteiger partial charge in [-0.05, 0) is 138 Å². The van der Waals surface area contributed by atoms with Gasteiger partial charge in [-0.2, -0.15) is 0 Å². The maximum atomic E-state index is 12.5. The molecule has 3 aliphatic rings. The highest BCUT2D eigenvalue weighted by Gasteiger charge is 2.36. The van der Waals surface area contributed by atoms with E-state index in [1.165, 1.54) is 69.8 Å². The number of aliphatic hydroxyl groups is 2. The van der Waals surface area contributed by atoms with Gasteiger partial charge in [0.15, 0.2) is 0 Å². The van der Waals surface area contributed by atoms with Gasteiger partial charge >= 0.3 is 11.9 Å². The lowest BCUT2D eigenvalue weighted by molar-refractivity contribution is -0.159. The summed E-state index contributed by atoms with van der Waals surface area (Å²) in [5, 5.41) is 18.8. The van der Waals surface area contributed by atoms with E-state index in [1.54, 1.807) is 19.4 Å². The zero-order valence-corrected chi connectivity index (χ0v) is 28.3. The van der Waals surface area contributed by atoms with Crippen molar-refractivity contribution >= 4 is 11.9 Å². The Labute approximate surface area is 272 Å². The van der Waals surface area contributed by atoms with Crippen LogP contribution in [-0.2, 0) is 19.1 Å². The minimum Gasteiger partial charge on any atom is -0.465 e. The second kappa shape index (κ2) is 17.1. The summed E-state index contributed by atoms with van der Waals surface area (Å²) in [6.45, 7) is 8.74. The number of hydrogen-bond donors (Lipinski definition) is 2. The molecule has 45 heavy (non-hydrogen) atoms. The first kappa shape index (κ1) is 35.7. The largest absolute Gasteiger partial charge is 0.465 e. The lowest BCUT2D eigenvalue weighted by Gasteiger charge is -2.39. The first-order chi connectivity index (χ1) is 21.6. The van der Waals surface area contributed by atoms with Crippen LogP contribution in [0.15, 0.2) is 36.4 Å². The molecule has 4 rings (SSSR count). The molecule has 1 atom stereocenters. The number of esters is 2. The molecule has 1 unspecified atom stereocenters. The number of hydrogen-bond acceptors (Lipinski definition) is 6. The van der Waals surface area contributed by atoms with Crippen molar-refractivity contribution in [1.82, 2.24) is 0 Å². The Morgan fingerprint density at radius 1 is 0.800 bits per heavy atom. The molecule has 6 heteroatoms. The highest BCUT2D eigenvalue weighted by molar-refractivity contribution is 5.87. The van der Waals surface area contributed by atoms with Crippen LogP contribution < -0.4 is 0 Å². The van der Waals surface area contributed by atoms with Crippen molar-refractivity contribution in [3.8, 4) is 0 Å². The lowest BCUT2D eigenvalue weighted by Crippen LogP contribution is -2.36. The van der Waals surface area contributed by atoms with Gasteiger partial charge in [0.05, 0.1) is 37.4 Å². The van der Waals surface area contributed by atoms with E-state index in [0.29, 0.717) is 5.92 Å². The van der Waals surface area contributed by atoms with Crippen LogP contribution in [0.4, 0.5) is 0 Å². The van der Waals surface area contributed by atoms with Gasteiger partial charge in [-0.1, -0.05) is 50.6 Å².